The van der Waals surface area contributed by atoms with Crippen molar-refractivity contribution in [2.75, 3.05) is 0 Å². The van der Waals surface area contributed by atoms with E-state index in [1.165, 1.54) is 32.2 Å². The van der Waals surface area contributed by atoms with E-state index >= 15 is 0 Å². The fourth-order valence-corrected chi connectivity index (χ4v) is 6.58. The largest absolute Gasteiger partial charge is 0.567 e. The molecule has 164 valence electrons. The van der Waals surface area contributed by atoms with Crippen molar-refractivity contribution >= 4 is 95.2 Å². The first-order valence-corrected chi connectivity index (χ1v) is 11.5. The molecule has 0 saturated carbocycles. The molecule has 0 aliphatic heterocycles. The molecular weight excluding hydrogens is 476 g/mol. The average Bonchev–Trinajstić information content (AvgIpc) is 2.87. The van der Waals surface area contributed by atoms with Gasteiger partial charge in [-0.1, -0.05) is 0 Å². The summed E-state index contributed by atoms with van der Waals surface area (Å²) in [7, 11) is 5.58. The molecule has 0 fully saturated rings. The van der Waals surface area contributed by atoms with Gasteiger partial charge in [-0.05, 0) is 24.3 Å². The quantitative estimate of drug-likeness (QED) is 0.235. The maximum absolute atomic E-state index is 13.5. The minimum absolute atomic E-state index is 0.0667. The van der Waals surface area contributed by atoms with Gasteiger partial charge in [0.15, 0.2) is 0 Å². The van der Waals surface area contributed by atoms with Crippen LogP contribution in [0.2, 0.25) is 0 Å². The summed E-state index contributed by atoms with van der Waals surface area (Å²) >= 11 is 1.64. The first kappa shape index (κ1) is 22.3. The molecule has 0 unspecified atom stereocenters. The van der Waals surface area contributed by atoms with E-state index in [4.69, 9.17) is 18.6 Å². The Bertz CT molecular complexity index is 1630. The Balaban J connectivity index is 2.11. The van der Waals surface area contributed by atoms with E-state index in [0.717, 1.165) is 22.7 Å². The monoisotopic (exact) mass is 488 g/mol. The molecule has 5 aromatic rings. The van der Waals surface area contributed by atoms with Gasteiger partial charge < -0.3 is 18.6 Å². The Morgan fingerprint density at radius 2 is 0.647 bits per heavy atom. The summed E-state index contributed by atoms with van der Waals surface area (Å²) in [5.41, 5.74) is -1.91. The summed E-state index contributed by atoms with van der Waals surface area (Å²) < 4.78 is 21.6. The maximum Gasteiger partial charge on any atom is 0.322 e. The standard InChI is InChI=1S/C20H12B4O8S2/c21-29-5-1-2-6(30-22)10-9(5)13(25)17-18(14(10)26)34-20-16(28)12-8(32-24)4-3-7(31-23)11(12)15(27)19(20)33-17/h1-4H,21-24H2. The summed E-state index contributed by atoms with van der Waals surface area (Å²) in [6, 6.07) is 6.18. The molecule has 0 N–H and O–H groups in total. The van der Waals surface area contributed by atoms with Gasteiger partial charge in [-0.3, -0.25) is 19.2 Å². The third kappa shape index (κ3) is 2.88. The predicted molar refractivity (Wildman–Crippen MR) is 145 cm³/mol. The molecule has 1 aromatic heterocycles. The van der Waals surface area contributed by atoms with E-state index in [9.17, 15) is 19.2 Å². The van der Waals surface area contributed by atoms with Gasteiger partial charge in [-0.15, -0.1) is 22.7 Å². The summed E-state index contributed by atoms with van der Waals surface area (Å²) in [6.45, 7) is 0. The van der Waals surface area contributed by atoms with Crippen LogP contribution in [0.1, 0.15) is 0 Å². The van der Waals surface area contributed by atoms with Gasteiger partial charge in [-0.2, -0.15) is 0 Å². The number of benzene rings is 4. The Kier molecular flexibility index (Phi) is 5.29. The van der Waals surface area contributed by atoms with Crippen LogP contribution < -0.4 is 40.3 Å². The molecule has 0 radical (unpaired) electrons. The number of fused-ring (bicyclic) bond motifs is 4. The zero-order valence-electron chi connectivity index (χ0n) is 18.4. The third-order valence-electron chi connectivity index (χ3n) is 5.69. The molecule has 1 heterocycles. The second kappa shape index (κ2) is 8.07. The summed E-state index contributed by atoms with van der Waals surface area (Å²) in [4.78, 5) is 54.1. The van der Waals surface area contributed by atoms with Gasteiger partial charge in [0, 0.05) is 0 Å². The van der Waals surface area contributed by atoms with Crippen LogP contribution in [0.25, 0.3) is 40.3 Å². The lowest BCUT2D eigenvalue weighted by Crippen LogP contribution is -2.17. The Morgan fingerprint density at radius 1 is 0.441 bits per heavy atom. The lowest BCUT2D eigenvalue weighted by Gasteiger charge is -2.12. The molecule has 0 bridgehead atoms. The predicted octanol–water partition coefficient (Wildman–Crippen LogP) is -0.991. The van der Waals surface area contributed by atoms with Crippen LogP contribution in [0, 0.1) is 0 Å². The molecular formula is C20H12B4O8S2. The van der Waals surface area contributed by atoms with E-state index in [-0.39, 0.29) is 63.3 Å². The molecule has 0 saturated heterocycles. The lowest BCUT2D eigenvalue weighted by molar-refractivity contribution is 0.609. The molecule has 0 amide bonds. The average molecular weight is 488 g/mol. The van der Waals surface area contributed by atoms with Gasteiger partial charge in [0.25, 0.3) is 0 Å². The normalized spacial score (nSPS) is 11.3. The Labute approximate surface area is 201 Å². The second-order valence-corrected chi connectivity index (χ2v) is 9.32. The molecule has 8 nitrogen and oxygen atoms in total. The summed E-state index contributed by atoms with van der Waals surface area (Å²) in [5.74, 6) is 0.866. The minimum atomic E-state index is -0.479. The number of rotatable bonds is 4. The van der Waals surface area contributed by atoms with Crippen molar-refractivity contribution < 1.29 is 18.6 Å². The third-order valence-corrected chi connectivity index (χ3v) is 8.32. The highest BCUT2D eigenvalue weighted by molar-refractivity contribution is 7.36. The van der Waals surface area contributed by atoms with Crippen molar-refractivity contribution in [1.29, 1.82) is 0 Å². The Hall–Kier alpha value is -3.50. The molecule has 0 spiro atoms. The Morgan fingerprint density at radius 3 is 0.824 bits per heavy atom. The van der Waals surface area contributed by atoms with Gasteiger partial charge >= 0.3 is 32.2 Å². The van der Waals surface area contributed by atoms with Crippen molar-refractivity contribution in [3.8, 4) is 23.0 Å². The van der Waals surface area contributed by atoms with E-state index in [2.05, 4.69) is 0 Å². The van der Waals surface area contributed by atoms with Gasteiger partial charge in [-0.25, -0.2) is 0 Å². The highest BCUT2D eigenvalue weighted by atomic mass is 32.1. The van der Waals surface area contributed by atoms with Gasteiger partial charge in [0.2, 0.25) is 21.7 Å². The fraction of sp³-hybridized carbons (Fsp3) is 0. The van der Waals surface area contributed by atoms with Crippen LogP contribution in [0.4, 0.5) is 0 Å². The van der Waals surface area contributed by atoms with Crippen molar-refractivity contribution in [2.45, 2.75) is 0 Å². The second-order valence-electron chi connectivity index (χ2n) is 7.28. The SMILES string of the molecule is BOc1ccc(OB)c2c(=O)c3sc4c(=O)c5c(OB)ccc(OB)c5c(=O)c4sc3c(=O)c12. The molecule has 0 aliphatic carbocycles. The van der Waals surface area contributed by atoms with Crippen LogP contribution in [-0.4, -0.2) is 32.2 Å². The van der Waals surface area contributed by atoms with Crippen LogP contribution in [-0.2, 0) is 0 Å². The molecule has 4 aromatic carbocycles. The van der Waals surface area contributed by atoms with E-state index < -0.39 is 21.7 Å². The van der Waals surface area contributed by atoms with Crippen molar-refractivity contribution in [3.05, 3.63) is 65.2 Å². The summed E-state index contributed by atoms with van der Waals surface area (Å²) in [6.07, 6.45) is 0. The summed E-state index contributed by atoms with van der Waals surface area (Å²) in [5, 5.41) is 0.267. The van der Waals surface area contributed by atoms with E-state index in [0.29, 0.717) is 0 Å². The molecule has 0 aliphatic rings. The zero-order valence-corrected chi connectivity index (χ0v) is 20.0. The van der Waals surface area contributed by atoms with E-state index in [1.54, 1.807) is 24.3 Å². The van der Waals surface area contributed by atoms with Crippen molar-refractivity contribution in [3.63, 3.8) is 0 Å². The number of hydrogen-bond acceptors (Lipinski definition) is 10. The van der Waals surface area contributed by atoms with Crippen molar-refractivity contribution in [1.82, 2.24) is 0 Å². The minimum Gasteiger partial charge on any atom is -0.567 e. The highest BCUT2D eigenvalue weighted by Gasteiger charge is 2.23. The maximum atomic E-state index is 13.5. The topological polar surface area (TPSA) is 105 Å². The van der Waals surface area contributed by atoms with Gasteiger partial charge in [0.05, 0.1) is 40.3 Å². The first-order chi connectivity index (χ1) is 16.4. The van der Waals surface area contributed by atoms with Crippen LogP contribution in [0.15, 0.2) is 43.4 Å². The smallest absolute Gasteiger partial charge is 0.322 e. The first-order valence-electron chi connectivity index (χ1n) is 9.90. The highest BCUT2D eigenvalue weighted by Crippen LogP contribution is 2.36. The molecule has 14 heteroatoms. The molecule has 0 atom stereocenters. The fourth-order valence-electron chi connectivity index (χ4n) is 4.15. The van der Waals surface area contributed by atoms with E-state index in [1.807, 2.05) is 0 Å². The lowest BCUT2D eigenvalue weighted by atomic mass is 10.1. The van der Waals surface area contributed by atoms with Crippen LogP contribution >= 0.6 is 22.7 Å². The van der Waals surface area contributed by atoms with Gasteiger partial charge in [0.1, 0.15) is 23.0 Å². The zero-order chi connectivity index (χ0) is 24.3. The van der Waals surface area contributed by atoms with Crippen LogP contribution in [0.3, 0.4) is 0 Å². The van der Waals surface area contributed by atoms with Crippen LogP contribution in [0.5, 0.6) is 23.0 Å². The molecule has 5 rings (SSSR count). The van der Waals surface area contributed by atoms with Crippen molar-refractivity contribution in [2.24, 2.45) is 0 Å². The number of hydrogen-bond donors (Lipinski definition) is 0. The molecule has 34 heavy (non-hydrogen) atoms.